The molecule has 0 aliphatic carbocycles. The fourth-order valence-electron chi connectivity index (χ4n) is 2.15. The fraction of sp³-hybridized carbons (Fsp3) is 0.600. The zero-order valence-electron chi connectivity index (χ0n) is 14.6. The van der Waals surface area contributed by atoms with Crippen molar-refractivity contribution in [2.75, 3.05) is 48.6 Å². The lowest BCUT2D eigenvalue weighted by molar-refractivity contribution is 0.136. The first-order chi connectivity index (χ1) is 10.4. The number of hydrogen-bond donors (Lipinski definition) is 0. The molecule has 0 unspecified atom stereocenters. The van der Waals surface area contributed by atoms with Crippen LogP contribution in [0.3, 0.4) is 0 Å². The Kier molecular flexibility index (Phi) is 8.07. The summed E-state index contributed by atoms with van der Waals surface area (Å²) in [5, 5.41) is 0. The Hall–Kier alpha value is -0.910. The minimum atomic E-state index is -2.12. The Bertz CT molecular complexity index is 468. The van der Waals surface area contributed by atoms with Crippen LogP contribution in [0, 0.1) is 0 Å². The zero-order chi connectivity index (χ0) is 16.6. The van der Waals surface area contributed by atoms with Gasteiger partial charge >= 0.3 is 0 Å². The molecule has 0 fully saturated rings. The van der Waals surface area contributed by atoms with Gasteiger partial charge in [-0.25, -0.2) is 4.67 Å². The highest BCUT2D eigenvalue weighted by Gasteiger charge is 2.32. The predicted octanol–water partition coefficient (Wildman–Crippen LogP) is 3.37. The molecule has 7 heteroatoms. The largest absolute Gasteiger partial charge is 0.478 e. The molecule has 1 aromatic rings. The molecule has 0 N–H and O–H groups in total. The van der Waals surface area contributed by atoms with E-state index < -0.39 is 7.51 Å². The molecule has 0 atom stereocenters. The van der Waals surface area contributed by atoms with Gasteiger partial charge in [0.05, 0.1) is 6.61 Å². The van der Waals surface area contributed by atoms with E-state index in [1.54, 1.807) is 0 Å². The lowest BCUT2D eigenvalue weighted by atomic mass is 10.3. The molecule has 0 aliphatic heterocycles. The molecule has 0 spiro atoms. The topological polar surface area (TPSA) is 40.5 Å². The van der Waals surface area contributed by atoms with Crippen molar-refractivity contribution in [1.82, 2.24) is 14.0 Å². The summed E-state index contributed by atoms with van der Waals surface area (Å²) in [5.41, 5.74) is 0. The van der Waals surface area contributed by atoms with Crippen LogP contribution in [-0.4, -0.2) is 62.6 Å². The molecule has 0 radical (unpaired) electrons. The highest BCUT2D eigenvalue weighted by atomic mass is 31.2. The molecule has 0 aromatic heterocycles. The number of nitrogens with zero attached hydrogens (tertiary/aromatic N) is 4. The monoisotopic (exact) mass is 328 g/mol. The van der Waals surface area contributed by atoms with E-state index in [4.69, 9.17) is 9.57 Å². The van der Waals surface area contributed by atoms with Gasteiger partial charge in [0.2, 0.25) is 0 Å². The summed E-state index contributed by atoms with van der Waals surface area (Å²) in [4.78, 5) is 10.1. The number of rotatable bonds is 9. The van der Waals surface area contributed by atoms with Crippen LogP contribution in [0.5, 0.6) is 5.75 Å². The summed E-state index contributed by atoms with van der Waals surface area (Å²) < 4.78 is 12.2. The van der Waals surface area contributed by atoms with E-state index in [2.05, 4.69) is 25.8 Å². The van der Waals surface area contributed by atoms with E-state index in [1.165, 1.54) is 0 Å². The minimum absolute atomic E-state index is 0.438. The van der Waals surface area contributed by atoms with Crippen molar-refractivity contribution in [3.8, 4) is 5.75 Å². The fourth-order valence-corrected chi connectivity index (χ4v) is 4.95. The maximum Gasteiger partial charge on any atom is 0.199 e. The molecule has 0 aliphatic rings. The van der Waals surface area contributed by atoms with Crippen molar-refractivity contribution in [1.29, 1.82) is 0 Å². The van der Waals surface area contributed by atoms with Crippen molar-refractivity contribution in [3.63, 3.8) is 0 Å². The van der Waals surface area contributed by atoms with Crippen molar-refractivity contribution in [3.05, 3.63) is 30.3 Å². The molecule has 22 heavy (non-hydrogen) atoms. The maximum absolute atomic E-state index is 5.87. The number of ether oxygens (including phenoxy) is 1. The summed E-state index contributed by atoms with van der Waals surface area (Å²) in [5.74, 6) is 0.847. The van der Waals surface area contributed by atoms with Gasteiger partial charge in [0, 0.05) is 0 Å². The van der Waals surface area contributed by atoms with Crippen molar-refractivity contribution in [2.45, 2.75) is 13.3 Å². The van der Waals surface area contributed by atoms with Crippen molar-refractivity contribution in [2.24, 2.45) is 4.91 Å². The van der Waals surface area contributed by atoms with E-state index >= 15 is 0 Å². The van der Waals surface area contributed by atoms with Crippen LogP contribution < -0.4 is 4.74 Å². The quantitative estimate of drug-likeness (QED) is 0.301. The molecule has 1 rings (SSSR count). The second-order valence-electron chi connectivity index (χ2n) is 5.39. The molecule has 6 nitrogen and oxygen atoms in total. The van der Waals surface area contributed by atoms with E-state index in [9.17, 15) is 0 Å². The molecule has 0 amide bonds. The van der Waals surface area contributed by atoms with E-state index in [-0.39, 0.29) is 0 Å². The molecule has 126 valence electrons. The highest BCUT2D eigenvalue weighted by molar-refractivity contribution is 7.58. The van der Waals surface area contributed by atoms with Gasteiger partial charge in [0.1, 0.15) is 12.5 Å². The highest BCUT2D eigenvalue weighted by Crippen LogP contribution is 2.55. The molecular weight excluding hydrogens is 299 g/mol. The first-order valence-corrected chi connectivity index (χ1v) is 9.03. The minimum Gasteiger partial charge on any atom is -0.478 e. The zero-order valence-corrected chi connectivity index (χ0v) is 15.5. The Morgan fingerprint density at radius 3 is 2.09 bits per heavy atom. The number of para-hydroxylation sites is 1. The Balaban J connectivity index is 2.91. The van der Waals surface area contributed by atoms with Crippen LogP contribution in [0.25, 0.3) is 0 Å². The van der Waals surface area contributed by atoms with Gasteiger partial charge in [0.15, 0.2) is 7.51 Å². The lowest BCUT2D eigenvalue weighted by Crippen LogP contribution is -2.35. The van der Waals surface area contributed by atoms with Crippen LogP contribution in [0.1, 0.15) is 13.3 Å². The molecule has 1 aromatic carbocycles. The maximum atomic E-state index is 5.87. The normalized spacial score (nSPS) is 12.2. The SMILES string of the molecule is CCCON=P(N(C)C)(N(C)C)N(C)COc1ccccc1. The van der Waals surface area contributed by atoms with Crippen LogP contribution in [0.15, 0.2) is 35.2 Å². The average molecular weight is 328 g/mol. The summed E-state index contributed by atoms with van der Waals surface area (Å²) in [6.07, 6.45) is 0.939. The summed E-state index contributed by atoms with van der Waals surface area (Å²) in [6.45, 7) is 3.13. The van der Waals surface area contributed by atoms with Crippen LogP contribution in [-0.2, 0) is 4.84 Å². The van der Waals surface area contributed by atoms with E-state index in [0.29, 0.717) is 13.3 Å². The second kappa shape index (κ2) is 9.28. The Morgan fingerprint density at radius 2 is 1.59 bits per heavy atom. The second-order valence-corrected chi connectivity index (χ2v) is 8.91. The summed E-state index contributed by atoms with van der Waals surface area (Å²) in [7, 11) is 7.97. The molecule has 0 heterocycles. The van der Waals surface area contributed by atoms with Crippen molar-refractivity contribution < 1.29 is 9.57 Å². The van der Waals surface area contributed by atoms with Gasteiger partial charge in [-0.15, -0.1) is 4.91 Å². The third kappa shape index (κ3) is 4.80. The summed E-state index contributed by atoms with van der Waals surface area (Å²) >= 11 is 0. The van der Waals surface area contributed by atoms with Crippen LogP contribution in [0.2, 0.25) is 0 Å². The van der Waals surface area contributed by atoms with Crippen molar-refractivity contribution >= 4 is 7.51 Å². The standard InChI is InChI=1S/C15H29N4O2P/c1-7-13-21-16-22(17(2)3,18(4)5)19(6)14-20-15-11-9-8-10-12-15/h8-12H,7,13-14H2,1-6H3. The molecular formula is C15H29N4O2P. The third-order valence-corrected chi connectivity index (χ3v) is 6.67. The Morgan fingerprint density at radius 1 is 1.00 bits per heavy atom. The number of benzene rings is 1. The van der Waals surface area contributed by atoms with Gasteiger partial charge in [0.25, 0.3) is 0 Å². The first-order valence-electron chi connectivity index (χ1n) is 7.43. The van der Waals surface area contributed by atoms with Gasteiger partial charge in [-0.1, -0.05) is 25.1 Å². The Labute approximate surface area is 134 Å². The third-order valence-electron chi connectivity index (χ3n) is 3.16. The first kappa shape index (κ1) is 19.1. The van der Waals surface area contributed by atoms with Crippen LogP contribution >= 0.6 is 7.51 Å². The smallest absolute Gasteiger partial charge is 0.199 e. The predicted molar refractivity (Wildman–Crippen MR) is 92.7 cm³/mol. The van der Waals surface area contributed by atoms with Gasteiger partial charge in [-0.2, -0.15) is 0 Å². The van der Waals surface area contributed by atoms with Gasteiger partial charge in [-0.05, 0) is 53.8 Å². The molecule has 0 saturated carbocycles. The number of hydrogen-bond acceptors (Lipinski definition) is 3. The van der Waals surface area contributed by atoms with Crippen LogP contribution in [0.4, 0.5) is 0 Å². The lowest BCUT2D eigenvalue weighted by Gasteiger charge is -2.41. The van der Waals surface area contributed by atoms with E-state index in [1.807, 2.05) is 65.6 Å². The molecule has 0 saturated heterocycles. The average Bonchev–Trinajstić information content (AvgIpc) is 2.49. The van der Waals surface area contributed by atoms with Gasteiger partial charge in [-0.3, -0.25) is 14.2 Å². The molecule has 0 bridgehead atoms. The summed E-state index contributed by atoms with van der Waals surface area (Å²) in [6, 6.07) is 9.80. The van der Waals surface area contributed by atoms with Gasteiger partial charge < -0.3 is 4.74 Å². The van der Waals surface area contributed by atoms with E-state index in [0.717, 1.165) is 12.2 Å².